The van der Waals surface area contributed by atoms with Crippen molar-refractivity contribution < 1.29 is 19.7 Å². The standard InChI is InChI=1S/C15H21NO4/c1-10(2)20-9-11-3-5-12(6-4-11)15(19)16-7-13(17)14(18)8-16/h3-6,10,13-14,17-18H,7-9H2,1-2H3/t13-,14+. The third-order valence-corrected chi connectivity index (χ3v) is 3.33. The van der Waals surface area contributed by atoms with Crippen LogP contribution in [0, 0.1) is 0 Å². The molecule has 0 unspecified atom stereocenters. The van der Waals surface area contributed by atoms with Crippen LogP contribution in [0.1, 0.15) is 29.8 Å². The smallest absolute Gasteiger partial charge is 0.254 e. The molecule has 0 bridgehead atoms. The number of aliphatic hydroxyl groups excluding tert-OH is 2. The van der Waals surface area contributed by atoms with Gasteiger partial charge in [0.15, 0.2) is 0 Å². The van der Waals surface area contributed by atoms with Crippen LogP contribution < -0.4 is 0 Å². The first-order valence-corrected chi connectivity index (χ1v) is 6.83. The molecule has 2 N–H and O–H groups in total. The topological polar surface area (TPSA) is 70.0 Å². The van der Waals surface area contributed by atoms with Crippen molar-refractivity contribution in [3.8, 4) is 0 Å². The Morgan fingerprint density at radius 2 is 1.80 bits per heavy atom. The lowest BCUT2D eigenvalue weighted by molar-refractivity contribution is 0.0572. The van der Waals surface area contributed by atoms with Gasteiger partial charge in [-0.05, 0) is 31.5 Å². The summed E-state index contributed by atoms with van der Waals surface area (Å²) in [5.74, 6) is -0.170. The minimum Gasteiger partial charge on any atom is -0.388 e. The number of aliphatic hydroxyl groups is 2. The van der Waals surface area contributed by atoms with E-state index in [0.29, 0.717) is 12.2 Å². The van der Waals surface area contributed by atoms with Gasteiger partial charge in [-0.25, -0.2) is 0 Å². The molecule has 2 rings (SSSR count). The number of carbonyl (C=O) groups excluding carboxylic acids is 1. The Labute approximate surface area is 118 Å². The molecule has 1 aliphatic rings. The third-order valence-electron chi connectivity index (χ3n) is 3.33. The molecule has 0 aromatic heterocycles. The van der Waals surface area contributed by atoms with E-state index in [1.54, 1.807) is 12.1 Å². The van der Waals surface area contributed by atoms with Crippen LogP contribution in [-0.4, -0.2) is 52.4 Å². The average molecular weight is 279 g/mol. The molecule has 0 saturated carbocycles. The van der Waals surface area contributed by atoms with Crippen LogP contribution in [0.4, 0.5) is 0 Å². The highest BCUT2D eigenvalue weighted by Gasteiger charge is 2.32. The molecule has 0 radical (unpaired) electrons. The Kier molecular flexibility index (Phi) is 4.75. The van der Waals surface area contributed by atoms with Crippen molar-refractivity contribution in [2.75, 3.05) is 13.1 Å². The van der Waals surface area contributed by atoms with Crippen molar-refractivity contribution in [1.29, 1.82) is 0 Å². The van der Waals surface area contributed by atoms with E-state index >= 15 is 0 Å². The zero-order valence-corrected chi connectivity index (χ0v) is 11.8. The number of amides is 1. The summed E-state index contributed by atoms with van der Waals surface area (Å²) in [5.41, 5.74) is 1.57. The molecule has 2 atom stereocenters. The van der Waals surface area contributed by atoms with Crippen LogP contribution >= 0.6 is 0 Å². The van der Waals surface area contributed by atoms with Gasteiger partial charge in [0.25, 0.3) is 5.91 Å². The first kappa shape index (κ1) is 15.0. The number of carbonyl (C=O) groups is 1. The first-order valence-electron chi connectivity index (χ1n) is 6.83. The zero-order chi connectivity index (χ0) is 14.7. The van der Waals surface area contributed by atoms with Crippen LogP contribution in [0.3, 0.4) is 0 Å². The lowest BCUT2D eigenvalue weighted by Gasteiger charge is -2.15. The van der Waals surface area contributed by atoms with Gasteiger partial charge in [0.2, 0.25) is 0 Å². The fraction of sp³-hybridized carbons (Fsp3) is 0.533. The lowest BCUT2D eigenvalue weighted by atomic mass is 10.1. The van der Waals surface area contributed by atoms with Gasteiger partial charge in [0.1, 0.15) is 0 Å². The molecule has 1 amide bonds. The van der Waals surface area contributed by atoms with Crippen molar-refractivity contribution in [2.24, 2.45) is 0 Å². The molecule has 1 aliphatic heterocycles. The van der Waals surface area contributed by atoms with Gasteiger partial charge < -0.3 is 19.8 Å². The molecular formula is C15H21NO4. The number of β-amino-alcohol motifs (C(OH)–C–C–N with tert-alkyl or cyclic N) is 2. The molecule has 5 heteroatoms. The minimum atomic E-state index is -0.849. The quantitative estimate of drug-likeness (QED) is 0.855. The lowest BCUT2D eigenvalue weighted by Crippen LogP contribution is -2.29. The highest BCUT2D eigenvalue weighted by molar-refractivity contribution is 5.94. The maximum absolute atomic E-state index is 12.2. The number of ether oxygens (including phenoxy) is 1. The van der Waals surface area contributed by atoms with Crippen molar-refractivity contribution in [1.82, 2.24) is 4.90 Å². The average Bonchev–Trinajstić information content (AvgIpc) is 2.76. The van der Waals surface area contributed by atoms with Gasteiger partial charge in [-0.1, -0.05) is 12.1 Å². The maximum Gasteiger partial charge on any atom is 0.254 e. The van der Waals surface area contributed by atoms with E-state index in [1.165, 1.54) is 4.90 Å². The fourth-order valence-electron chi connectivity index (χ4n) is 2.12. The number of nitrogens with zero attached hydrogens (tertiary/aromatic N) is 1. The van der Waals surface area contributed by atoms with Crippen molar-refractivity contribution in [3.63, 3.8) is 0 Å². The van der Waals surface area contributed by atoms with Gasteiger partial charge in [-0.15, -0.1) is 0 Å². The summed E-state index contributed by atoms with van der Waals surface area (Å²) >= 11 is 0. The van der Waals surface area contributed by atoms with Gasteiger partial charge in [0.05, 0.1) is 24.9 Å². The first-order chi connectivity index (χ1) is 9.47. The van der Waals surface area contributed by atoms with Crippen LogP contribution in [0.5, 0.6) is 0 Å². The number of hydrogen-bond donors (Lipinski definition) is 2. The SMILES string of the molecule is CC(C)OCc1ccc(C(=O)N2C[C@@H](O)[C@@H](O)C2)cc1. The summed E-state index contributed by atoms with van der Waals surface area (Å²) in [4.78, 5) is 13.7. The molecule has 0 aliphatic carbocycles. The van der Waals surface area contributed by atoms with Gasteiger partial charge in [-0.3, -0.25) is 4.79 Å². The molecule has 5 nitrogen and oxygen atoms in total. The van der Waals surface area contributed by atoms with Crippen LogP contribution in [0.15, 0.2) is 24.3 Å². The summed E-state index contributed by atoms with van der Waals surface area (Å²) < 4.78 is 5.49. The second-order valence-electron chi connectivity index (χ2n) is 5.40. The Bertz CT molecular complexity index is 447. The van der Waals surface area contributed by atoms with E-state index in [-0.39, 0.29) is 25.1 Å². The van der Waals surface area contributed by atoms with E-state index in [2.05, 4.69) is 0 Å². The molecule has 1 aromatic carbocycles. The fourth-order valence-corrected chi connectivity index (χ4v) is 2.12. The molecule has 1 aromatic rings. The van der Waals surface area contributed by atoms with E-state index < -0.39 is 12.2 Å². The van der Waals surface area contributed by atoms with Gasteiger partial charge in [0, 0.05) is 18.7 Å². The monoisotopic (exact) mass is 279 g/mol. The third kappa shape index (κ3) is 3.56. The predicted octanol–water partition coefficient (Wildman–Crippen LogP) is 0.789. The van der Waals surface area contributed by atoms with Crippen LogP contribution in [0.2, 0.25) is 0 Å². The molecular weight excluding hydrogens is 258 g/mol. The van der Waals surface area contributed by atoms with Gasteiger partial charge in [-0.2, -0.15) is 0 Å². The minimum absolute atomic E-state index is 0.170. The molecule has 20 heavy (non-hydrogen) atoms. The Balaban J connectivity index is 1.97. The molecule has 0 spiro atoms. The largest absolute Gasteiger partial charge is 0.388 e. The molecule has 1 fully saturated rings. The summed E-state index contributed by atoms with van der Waals surface area (Å²) in [6.07, 6.45) is -1.53. The van der Waals surface area contributed by atoms with E-state index in [1.807, 2.05) is 26.0 Å². The summed E-state index contributed by atoms with van der Waals surface area (Å²) in [7, 11) is 0. The Hall–Kier alpha value is -1.43. The number of rotatable bonds is 4. The van der Waals surface area contributed by atoms with E-state index in [0.717, 1.165) is 5.56 Å². The normalized spacial score (nSPS) is 22.6. The zero-order valence-electron chi connectivity index (χ0n) is 11.8. The van der Waals surface area contributed by atoms with Crippen LogP contribution in [-0.2, 0) is 11.3 Å². The second kappa shape index (κ2) is 6.35. The molecule has 1 saturated heterocycles. The number of benzene rings is 1. The van der Waals surface area contributed by atoms with Gasteiger partial charge >= 0.3 is 0 Å². The Morgan fingerprint density at radius 3 is 2.30 bits per heavy atom. The second-order valence-corrected chi connectivity index (χ2v) is 5.40. The Morgan fingerprint density at radius 1 is 1.25 bits per heavy atom. The summed E-state index contributed by atoms with van der Waals surface area (Å²) in [6.45, 7) is 4.83. The van der Waals surface area contributed by atoms with E-state index in [9.17, 15) is 15.0 Å². The number of likely N-dealkylation sites (tertiary alicyclic amines) is 1. The van der Waals surface area contributed by atoms with Crippen molar-refractivity contribution >= 4 is 5.91 Å². The number of hydrogen-bond acceptors (Lipinski definition) is 4. The van der Waals surface area contributed by atoms with Crippen LogP contribution in [0.25, 0.3) is 0 Å². The predicted molar refractivity (Wildman–Crippen MR) is 74.3 cm³/mol. The highest BCUT2D eigenvalue weighted by atomic mass is 16.5. The summed E-state index contributed by atoms with van der Waals surface area (Å²) in [6, 6.07) is 7.22. The highest BCUT2D eigenvalue weighted by Crippen LogP contribution is 2.15. The van der Waals surface area contributed by atoms with Crippen molar-refractivity contribution in [3.05, 3.63) is 35.4 Å². The van der Waals surface area contributed by atoms with Crippen molar-refractivity contribution in [2.45, 2.75) is 38.8 Å². The molecule has 1 heterocycles. The maximum atomic E-state index is 12.2. The van der Waals surface area contributed by atoms with E-state index in [4.69, 9.17) is 4.74 Å². The summed E-state index contributed by atoms with van der Waals surface area (Å²) in [5, 5.41) is 18.9. The molecule has 110 valence electrons.